The molecule has 0 amide bonds. The zero-order valence-electron chi connectivity index (χ0n) is 11.5. The molecule has 2 rings (SSSR count). The maximum absolute atomic E-state index is 6.08. The molecule has 100 valence electrons. The molecule has 0 heterocycles. The summed E-state index contributed by atoms with van der Waals surface area (Å²) in [5.41, 5.74) is 8.74. The normalized spacial score (nSPS) is 12.5. The van der Waals surface area contributed by atoms with E-state index < -0.39 is 0 Å². The van der Waals surface area contributed by atoms with Crippen LogP contribution in [0.1, 0.15) is 33.9 Å². The highest BCUT2D eigenvalue weighted by Crippen LogP contribution is 2.27. The monoisotopic (exact) mass is 274 g/mol. The number of halogens is 1. The summed E-state index contributed by atoms with van der Waals surface area (Å²) in [7, 11) is 0. The minimum absolute atomic E-state index is 0.0177. The SMILES string of the molecule is Cc1ccc(C)c(C(NN)c2ccc(Cl)c(C)c2)c1. The summed E-state index contributed by atoms with van der Waals surface area (Å²) in [5, 5.41) is 0.778. The molecule has 0 saturated heterocycles. The fourth-order valence-corrected chi connectivity index (χ4v) is 2.40. The molecule has 3 heteroatoms. The van der Waals surface area contributed by atoms with Crippen molar-refractivity contribution in [2.75, 3.05) is 0 Å². The van der Waals surface area contributed by atoms with Crippen LogP contribution in [0, 0.1) is 20.8 Å². The molecule has 0 saturated carbocycles. The molecule has 0 radical (unpaired) electrons. The van der Waals surface area contributed by atoms with E-state index in [1.807, 2.05) is 19.1 Å². The number of hydrogen-bond donors (Lipinski definition) is 2. The Morgan fingerprint density at radius 1 is 1.00 bits per heavy atom. The number of hydrogen-bond acceptors (Lipinski definition) is 2. The van der Waals surface area contributed by atoms with Crippen LogP contribution >= 0.6 is 11.6 Å². The number of rotatable bonds is 3. The van der Waals surface area contributed by atoms with Gasteiger partial charge in [0.2, 0.25) is 0 Å². The van der Waals surface area contributed by atoms with E-state index in [-0.39, 0.29) is 6.04 Å². The first-order chi connectivity index (χ1) is 9.02. The van der Waals surface area contributed by atoms with E-state index in [4.69, 9.17) is 17.4 Å². The standard InChI is InChI=1S/C16H19ClN2/c1-10-4-5-11(2)14(8-10)16(19-18)13-6-7-15(17)12(3)9-13/h4-9,16,19H,18H2,1-3H3. The minimum Gasteiger partial charge on any atom is -0.271 e. The molecule has 0 aliphatic heterocycles. The molecule has 1 unspecified atom stereocenters. The quantitative estimate of drug-likeness (QED) is 0.660. The van der Waals surface area contributed by atoms with E-state index in [1.165, 1.54) is 16.7 Å². The van der Waals surface area contributed by atoms with Crippen LogP contribution in [-0.4, -0.2) is 0 Å². The molecular weight excluding hydrogens is 256 g/mol. The van der Waals surface area contributed by atoms with Crippen LogP contribution in [0.5, 0.6) is 0 Å². The summed E-state index contributed by atoms with van der Waals surface area (Å²) in [6, 6.07) is 12.4. The average molecular weight is 275 g/mol. The van der Waals surface area contributed by atoms with Gasteiger partial charge >= 0.3 is 0 Å². The molecule has 0 aliphatic carbocycles. The second-order valence-corrected chi connectivity index (χ2v) is 5.38. The van der Waals surface area contributed by atoms with Crippen LogP contribution in [0.2, 0.25) is 5.02 Å². The fourth-order valence-electron chi connectivity index (χ4n) is 2.28. The second-order valence-electron chi connectivity index (χ2n) is 4.97. The van der Waals surface area contributed by atoms with Crippen LogP contribution < -0.4 is 11.3 Å². The molecule has 0 fully saturated rings. The molecule has 0 bridgehead atoms. The van der Waals surface area contributed by atoms with Crippen LogP contribution in [0.15, 0.2) is 36.4 Å². The van der Waals surface area contributed by atoms with Gasteiger partial charge in [-0.15, -0.1) is 0 Å². The smallest absolute Gasteiger partial charge is 0.0712 e. The Labute approximate surface area is 119 Å². The van der Waals surface area contributed by atoms with Gasteiger partial charge in [0.15, 0.2) is 0 Å². The molecule has 19 heavy (non-hydrogen) atoms. The first-order valence-electron chi connectivity index (χ1n) is 6.32. The van der Waals surface area contributed by atoms with Gasteiger partial charge in [-0.25, -0.2) is 5.43 Å². The minimum atomic E-state index is -0.0177. The Bertz CT molecular complexity index is 593. The summed E-state index contributed by atoms with van der Waals surface area (Å²) in [5.74, 6) is 5.76. The van der Waals surface area contributed by atoms with E-state index in [9.17, 15) is 0 Å². The van der Waals surface area contributed by atoms with Crippen molar-refractivity contribution in [2.24, 2.45) is 5.84 Å². The van der Waals surface area contributed by atoms with Crippen LogP contribution in [0.25, 0.3) is 0 Å². The lowest BCUT2D eigenvalue weighted by molar-refractivity contribution is 0.633. The largest absolute Gasteiger partial charge is 0.271 e. The molecule has 0 spiro atoms. The Morgan fingerprint density at radius 2 is 1.74 bits per heavy atom. The van der Waals surface area contributed by atoms with Gasteiger partial charge in [-0.05, 0) is 49.1 Å². The first kappa shape index (κ1) is 14.1. The average Bonchev–Trinajstić information content (AvgIpc) is 2.38. The van der Waals surface area contributed by atoms with Gasteiger partial charge in [0, 0.05) is 5.02 Å². The summed E-state index contributed by atoms with van der Waals surface area (Å²) in [6.45, 7) is 6.19. The van der Waals surface area contributed by atoms with Crippen LogP contribution in [-0.2, 0) is 0 Å². The lowest BCUT2D eigenvalue weighted by atomic mass is 9.93. The lowest BCUT2D eigenvalue weighted by Gasteiger charge is -2.20. The molecule has 0 aromatic heterocycles. The van der Waals surface area contributed by atoms with Crippen molar-refractivity contribution in [1.82, 2.24) is 5.43 Å². The third kappa shape index (κ3) is 2.98. The van der Waals surface area contributed by atoms with Crippen molar-refractivity contribution in [3.8, 4) is 0 Å². The molecule has 0 aliphatic rings. The van der Waals surface area contributed by atoms with E-state index in [1.54, 1.807) is 0 Å². The predicted octanol–water partition coefficient (Wildman–Crippen LogP) is 3.82. The summed E-state index contributed by atoms with van der Waals surface area (Å²) < 4.78 is 0. The van der Waals surface area contributed by atoms with E-state index >= 15 is 0 Å². The number of aryl methyl sites for hydroxylation is 3. The van der Waals surface area contributed by atoms with Crippen molar-refractivity contribution in [3.05, 3.63) is 69.2 Å². The highest BCUT2D eigenvalue weighted by atomic mass is 35.5. The molecule has 2 nitrogen and oxygen atoms in total. The first-order valence-corrected chi connectivity index (χ1v) is 6.70. The zero-order chi connectivity index (χ0) is 14.0. The van der Waals surface area contributed by atoms with Gasteiger partial charge in [-0.3, -0.25) is 5.84 Å². The van der Waals surface area contributed by atoms with Crippen molar-refractivity contribution in [2.45, 2.75) is 26.8 Å². The Hall–Kier alpha value is -1.35. The number of benzene rings is 2. The zero-order valence-corrected chi connectivity index (χ0v) is 12.3. The van der Waals surface area contributed by atoms with Gasteiger partial charge in [-0.2, -0.15) is 0 Å². The summed E-state index contributed by atoms with van der Waals surface area (Å²) in [6.07, 6.45) is 0. The molecule has 1 atom stereocenters. The molecular formula is C16H19ClN2. The van der Waals surface area contributed by atoms with E-state index in [2.05, 4.69) is 43.5 Å². The van der Waals surface area contributed by atoms with Crippen LogP contribution in [0.3, 0.4) is 0 Å². The second kappa shape index (κ2) is 5.74. The predicted molar refractivity (Wildman–Crippen MR) is 81.3 cm³/mol. The number of hydrazine groups is 1. The summed E-state index contributed by atoms with van der Waals surface area (Å²) in [4.78, 5) is 0. The maximum Gasteiger partial charge on any atom is 0.0712 e. The number of nitrogens with two attached hydrogens (primary N) is 1. The highest BCUT2D eigenvalue weighted by molar-refractivity contribution is 6.31. The Kier molecular flexibility index (Phi) is 4.25. The van der Waals surface area contributed by atoms with Crippen molar-refractivity contribution in [1.29, 1.82) is 0 Å². The number of nitrogens with one attached hydrogen (secondary N) is 1. The van der Waals surface area contributed by atoms with Gasteiger partial charge in [0.25, 0.3) is 0 Å². The third-order valence-electron chi connectivity index (χ3n) is 3.43. The molecule has 2 aromatic rings. The Balaban J connectivity index is 2.49. The Morgan fingerprint density at radius 3 is 2.37 bits per heavy atom. The van der Waals surface area contributed by atoms with Gasteiger partial charge in [0.1, 0.15) is 0 Å². The molecule has 3 N–H and O–H groups in total. The molecule has 2 aromatic carbocycles. The lowest BCUT2D eigenvalue weighted by Crippen LogP contribution is -2.29. The van der Waals surface area contributed by atoms with Crippen molar-refractivity contribution < 1.29 is 0 Å². The van der Waals surface area contributed by atoms with Gasteiger partial charge in [0.05, 0.1) is 6.04 Å². The van der Waals surface area contributed by atoms with Gasteiger partial charge < -0.3 is 0 Å². The fraction of sp³-hybridized carbons (Fsp3) is 0.250. The topological polar surface area (TPSA) is 38.0 Å². The van der Waals surface area contributed by atoms with Gasteiger partial charge in [-0.1, -0.05) is 47.5 Å². The summed E-state index contributed by atoms with van der Waals surface area (Å²) >= 11 is 6.08. The highest BCUT2D eigenvalue weighted by Gasteiger charge is 2.15. The van der Waals surface area contributed by atoms with Crippen molar-refractivity contribution in [3.63, 3.8) is 0 Å². The van der Waals surface area contributed by atoms with E-state index in [0.29, 0.717) is 0 Å². The third-order valence-corrected chi connectivity index (χ3v) is 3.85. The van der Waals surface area contributed by atoms with Crippen molar-refractivity contribution >= 4 is 11.6 Å². The van der Waals surface area contributed by atoms with Crippen LogP contribution in [0.4, 0.5) is 0 Å². The maximum atomic E-state index is 6.08. The van der Waals surface area contributed by atoms with E-state index in [0.717, 1.165) is 16.1 Å².